The molecule has 1 fully saturated rings. The van der Waals surface area contributed by atoms with E-state index in [4.69, 9.17) is 0 Å². The predicted octanol–water partition coefficient (Wildman–Crippen LogP) is -0.424. The zero-order valence-electron chi connectivity index (χ0n) is 10.3. The number of amides is 1. The van der Waals surface area contributed by atoms with E-state index in [0.29, 0.717) is 5.69 Å². The van der Waals surface area contributed by atoms with Crippen molar-refractivity contribution in [1.29, 1.82) is 0 Å². The summed E-state index contributed by atoms with van der Waals surface area (Å²) in [5.41, 5.74) is 0.598. The number of ether oxygens (including phenoxy) is 1. The Kier molecular flexibility index (Phi) is 3.50. The molecular weight excluding hydrogens is 250 g/mol. The van der Waals surface area contributed by atoms with E-state index in [0.717, 1.165) is 0 Å². The van der Waals surface area contributed by atoms with E-state index in [-0.39, 0.29) is 24.4 Å². The average Bonchev–Trinajstić information content (AvgIpc) is 2.80. The monoisotopic (exact) mass is 262 g/mol. The van der Waals surface area contributed by atoms with Crippen molar-refractivity contribution in [2.45, 2.75) is 6.42 Å². The summed E-state index contributed by atoms with van der Waals surface area (Å²) >= 11 is 0. The highest BCUT2D eigenvalue weighted by Gasteiger charge is 2.33. The van der Waals surface area contributed by atoms with Gasteiger partial charge in [-0.15, -0.1) is 0 Å². The van der Waals surface area contributed by atoms with Gasteiger partial charge in [0.25, 0.3) is 0 Å². The Bertz CT molecular complexity index is 540. The number of carbonyl (C=O) groups is 3. The van der Waals surface area contributed by atoms with E-state index in [1.807, 2.05) is 0 Å². The lowest BCUT2D eigenvalue weighted by Crippen LogP contribution is -2.34. The van der Waals surface area contributed by atoms with Crippen LogP contribution in [-0.2, 0) is 14.3 Å². The number of rotatable bonds is 3. The Hall–Kier alpha value is -2.37. The van der Waals surface area contributed by atoms with Gasteiger partial charge in [-0.25, -0.2) is 4.79 Å². The normalized spacial score (nSPS) is 18.5. The van der Waals surface area contributed by atoms with Gasteiger partial charge in [0.1, 0.15) is 0 Å². The lowest BCUT2D eigenvalue weighted by Gasteiger charge is -2.19. The Labute approximate surface area is 109 Å². The van der Waals surface area contributed by atoms with Crippen LogP contribution in [0.2, 0.25) is 0 Å². The van der Waals surface area contributed by atoms with Crippen molar-refractivity contribution >= 4 is 23.5 Å². The second-order valence-corrected chi connectivity index (χ2v) is 4.23. The fourth-order valence-corrected chi connectivity index (χ4v) is 2.09. The van der Waals surface area contributed by atoms with Crippen LogP contribution >= 0.6 is 0 Å². The first kappa shape index (κ1) is 13.1. The molecule has 2 rings (SSSR count). The summed E-state index contributed by atoms with van der Waals surface area (Å²) < 4.78 is 4.64. The maximum absolute atomic E-state index is 11.8. The third kappa shape index (κ3) is 2.42. The standard InChI is InChI=1S/C13H13NO5/c1-19-13(18)9-4-2-3-5-10(9)14-7-8(12(16)17)6-11(14)15/h2-5,8H,6-7H2,1H3,(H,16,17)/p-1/t8-/m1/s1. The molecule has 1 aromatic carbocycles. The molecule has 1 aliphatic rings. The van der Waals surface area contributed by atoms with Gasteiger partial charge in [-0.3, -0.25) is 4.79 Å². The molecule has 1 aliphatic heterocycles. The Morgan fingerprint density at radius 3 is 2.63 bits per heavy atom. The molecule has 1 aromatic rings. The van der Waals surface area contributed by atoms with Gasteiger partial charge in [-0.05, 0) is 12.1 Å². The third-order valence-electron chi connectivity index (χ3n) is 3.06. The van der Waals surface area contributed by atoms with Crippen LogP contribution < -0.4 is 10.0 Å². The van der Waals surface area contributed by atoms with Crippen molar-refractivity contribution in [3.05, 3.63) is 29.8 Å². The van der Waals surface area contributed by atoms with Crippen LogP contribution in [0.1, 0.15) is 16.8 Å². The zero-order chi connectivity index (χ0) is 14.0. The summed E-state index contributed by atoms with van der Waals surface area (Å²) in [6.07, 6.45) is -0.113. The fraction of sp³-hybridized carbons (Fsp3) is 0.308. The minimum absolute atomic E-state index is 0.00910. The van der Waals surface area contributed by atoms with E-state index < -0.39 is 17.9 Å². The highest BCUT2D eigenvalue weighted by atomic mass is 16.5. The second-order valence-electron chi connectivity index (χ2n) is 4.23. The van der Waals surface area contributed by atoms with Gasteiger partial charge in [0.15, 0.2) is 0 Å². The Balaban J connectivity index is 2.35. The fourth-order valence-electron chi connectivity index (χ4n) is 2.09. The average molecular weight is 262 g/mol. The highest BCUT2D eigenvalue weighted by molar-refractivity contribution is 6.05. The number of aliphatic carboxylic acids is 1. The largest absolute Gasteiger partial charge is 0.550 e. The number of nitrogens with zero attached hydrogens (tertiary/aromatic N) is 1. The van der Waals surface area contributed by atoms with Gasteiger partial charge in [0.2, 0.25) is 5.91 Å². The molecule has 1 saturated heterocycles. The number of carboxylic acids is 1. The number of esters is 1. The number of hydrogen-bond donors (Lipinski definition) is 0. The van der Waals surface area contributed by atoms with Gasteiger partial charge < -0.3 is 19.5 Å². The lowest BCUT2D eigenvalue weighted by atomic mass is 10.1. The molecule has 1 atom stereocenters. The molecular formula is C13H12NO5-. The number of methoxy groups -OCH3 is 1. The van der Waals surface area contributed by atoms with Crippen LogP contribution in [0.4, 0.5) is 5.69 Å². The molecule has 0 saturated carbocycles. The van der Waals surface area contributed by atoms with Crippen LogP contribution in [0.15, 0.2) is 24.3 Å². The number of para-hydroxylation sites is 1. The Morgan fingerprint density at radius 2 is 2.05 bits per heavy atom. The first-order valence-corrected chi connectivity index (χ1v) is 5.73. The number of carbonyl (C=O) groups excluding carboxylic acids is 3. The summed E-state index contributed by atoms with van der Waals surface area (Å²) in [6.45, 7) is 0.00910. The van der Waals surface area contributed by atoms with Crippen LogP contribution in [-0.4, -0.2) is 31.5 Å². The first-order chi connectivity index (χ1) is 9.04. The molecule has 1 heterocycles. The topological polar surface area (TPSA) is 86.7 Å². The molecule has 1 amide bonds. The minimum Gasteiger partial charge on any atom is -0.550 e. The lowest BCUT2D eigenvalue weighted by molar-refractivity contribution is -0.310. The van der Waals surface area contributed by atoms with E-state index in [1.165, 1.54) is 18.1 Å². The van der Waals surface area contributed by atoms with Crippen LogP contribution in [0.25, 0.3) is 0 Å². The summed E-state index contributed by atoms with van der Waals surface area (Å²) in [6, 6.07) is 6.43. The zero-order valence-corrected chi connectivity index (χ0v) is 10.3. The number of anilines is 1. The highest BCUT2D eigenvalue weighted by Crippen LogP contribution is 2.28. The molecule has 0 bridgehead atoms. The molecule has 0 aromatic heterocycles. The Morgan fingerprint density at radius 1 is 1.37 bits per heavy atom. The van der Waals surface area contributed by atoms with Crippen LogP contribution in [0.5, 0.6) is 0 Å². The minimum atomic E-state index is -1.26. The van der Waals surface area contributed by atoms with E-state index in [2.05, 4.69) is 4.74 Å². The predicted molar refractivity (Wildman–Crippen MR) is 63.2 cm³/mol. The van der Waals surface area contributed by atoms with Crippen LogP contribution in [0, 0.1) is 5.92 Å². The summed E-state index contributed by atoms with van der Waals surface area (Å²) in [4.78, 5) is 35.6. The maximum Gasteiger partial charge on any atom is 0.339 e. The number of hydrogen-bond acceptors (Lipinski definition) is 5. The molecule has 6 nitrogen and oxygen atoms in total. The van der Waals surface area contributed by atoms with Gasteiger partial charge in [0, 0.05) is 24.9 Å². The molecule has 0 aliphatic carbocycles. The molecule has 6 heteroatoms. The summed E-state index contributed by atoms with van der Waals surface area (Å²) in [5.74, 6) is -3.02. The van der Waals surface area contributed by atoms with Gasteiger partial charge in [0.05, 0.1) is 18.4 Å². The molecule has 19 heavy (non-hydrogen) atoms. The second kappa shape index (κ2) is 5.09. The number of benzene rings is 1. The van der Waals surface area contributed by atoms with Gasteiger partial charge in [-0.2, -0.15) is 0 Å². The smallest absolute Gasteiger partial charge is 0.339 e. The molecule has 0 spiro atoms. The SMILES string of the molecule is COC(=O)c1ccccc1N1C[C@H](C(=O)[O-])CC1=O. The van der Waals surface area contributed by atoms with Crippen molar-refractivity contribution in [3.8, 4) is 0 Å². The van der Waals surface area contributed by atoms with Gasteiger partial charge >= 0.3 is 5.97 Å². The van der Waals surface area contributed by atoms with Crippen LogP contribution in [0.3, 0.4) is 0 Å². The quantitative estimate of drug-likeness (QED) is 0.690. The molecule has 0 N–H and O–H groups in total. The van der Waals surface area contributed by atoms with E-state index in [1.54, 1.807) is 18.2 Å². The molecule has 100 valence electrons. The van der Waals surface area contributed by atoms with E-state index in [9.17, 15) is 19.5 Å². The third-order valence-corrected chi connectivity index (χ3v) is 3.06. The van der Waals surface area contributed by atoms with E-state index >= 15 is 0 Å². The molecule has 0 radical (unpaired) electrons. The number of carboxylic acid groups (broad SMARTS) is 1. The van der Waals surface area contributed by atoms with Gasteiger partial charge in [-0.1, -0.05) is 12.1 Å². The van der Waals surface area contributed by atoms with Crippen molar-refractivity contribution in [2.75, 3.05) is 18.6 Å². The maximum atomic E-state index is 11.8. The summed E-state index contributed by atoms with van der Waals surface area (Å²) in [5, 5.41) is 10.8. The first-order valence-electron chi connectivity index (χ1n) is 5.73. The molecule has 0 unspecified atom stereocenters. The van der Waals surface area contributed by atoms with Crippen molar-refractivity contribution in [1.82, 2.24) is 0 Å². The van der Waals surface area contributed by atoms with Crippen molar-refractivity contribution in [2.24, 2.45) is 5.92 Å². The van der Waals surface area contributed by atoms with Crippen molar-refractivity contribution in [3.63, 3.8) is 0 Å². The summed E-state index contributed by atoms with van der Waals surface area (Å²) in [7, 11) is 1.24. The van der Waals surface area contributed by atoms with Crippen molar-refractivity contribution < 1.29 is 24.2 Å².